The van der Waals surface area contributed by atoms with Crippen LogP contribution in [0.4, 0.5) is 0 Å². The zero-order valence-electron chi connectivity index (χ0n) is 5.07. The molecule has 0 aliphatic heterocycles. The number of hydrogen-bond donors (Lipinski definition) is 0. The molecular formula is C6H3BrClIZn. The fraction of sp³-hybridized carbons (Fsp3) is 0. The summed E-state index contributed by atoms with van der Waals surface area (Å²) in [5.41, 5.74) is 0. The SMILES string of the molecule is Clc1cc[c-]cc1Br.[Zn+][I]. The van der Waals surface area contributed by atoms with Crippen molar-refractivity contribution < 1.29 is 14.8 Å². The van der Waals surface area contributed by atoms with E-state index in [1.807, 2.05) is 0 Å². The molecule has 0 radical (unpaired) electrons. The molecule has 4 heteroatoms. The van der Waals surface area contributed by atoms with Gasteiger partial charge in [0.25, 0.3) is 0 Å². The Morgan fingerprint density at radius 1 is 1.60 bits per heavy atom. The van der Waals surface area contributed by atoms with Gasteiger partial charge in [-0.2, -0.15) is 24.3 Å². The summed E-state index contributed by atoms with van der Waals surface area (Å²) >= 11 is 12.5. The van der Waals surface area contributed by atoms with E-state index in [0.717, 1.165) is 9.50 Å². The third kappa shape index (κ3) is 4.27. The second kappa shape index (κ2) is 7.02. The predicted molar refractivity (Wildman–Crippen MR) is 52.0 cm³/mol. The Hall–Kier alpha value is 1.34. The molecule has 0 spiro atoms. The molecule has 0 N–H and O–H groups in total. The summed E-state index contributed by atoms with van der Waals surface area (Å²) in [6, 6.07) is 8.20. The molecule has 0 aliphatic rings. The second-order valence-electron chi connectivity index (χ2n) is 1.34. The van der Waals surface area contributed by atoms with E-state index >= 15 is 0 Å². The molecule has 0 nitrogen and oxygen atoms in total. The first-order chi connectivity index (χ1) is 4.80. The molecule has 1 aromatic rings. The molecule has 0 saturated carbocycles. The van der Waals surface area contributed by atoms with Crippen LogP contribution in [0.25, 0.3) is 0 Å². The van der Waals surface area contributed by atoms with Gasteiger partial charge >= 0.3 is 34.5 Å². The standard InChI is InChI=1S/C6H3BrCl.HI.Zn/c7-5-3-1-2-4-6(5)8;;/h2-4H;1H;/q-1;;+2/p-1. The molecule has 0 atom stereocenters. The van der Waals surface area contributed by atoms with Crippen LogP contribution in [0.1, 0.15) is 0 Å². The topological polar surface area (TPSA) is 0 Å². The molecule has 10 heavy (non-hydrogen) atoms. The van der Waals surface area contributed by atoms with E-state index in [9.17, 15) is 0 Å². The Labute approximate surface area is 94.7 Å². The zero-order valence-corrected chi connectivity index (χ0v) is 12.5. The average Bonchev–Trinajstić information content (AvgIpc) is 2.00. The molecule has 0 amide bonds. The van der Waals surface area contributed by atoms with Crippen LogP contribution in [0.15, 0.2) is 22.7 Å². The van der Waals surface area contributed by atoms with Gasteiger partial charge in [0.1, 0.15) is 0 Å². The third-order valence-corrected chi connectivity index (χ3v) is 1.98. The monoisotopic (exact) mass is 380 g/mol. The van der Waals surface area contributed by atoms with Gasteiger partial charge in [-0.05, 0) is 0 Å². The van der Waals surface area contributed by atoms with E-state index < -0.39 is 0 Å². The van der Waals surface area contributed by atoms with Gasteiger partial charge in [0.05, 0.1) is 0 Å². The van der Waals surface area contributed by atoms with E-state index in [1.165, 1.54) is 14.8 Å². The van der Waals surface area contributed by atoms with Gasteiger partial charge in [-0.15, -0.1) is 27.5 Å². The summed E-state index contributed by atoms with van der Waals surface area (Å²) in [6.07, 6.45) is 0. The van der Waals surface area contributed by atoms with Crippen LogP contribution in [0.5, 0.6) is 0 Å². The number of hydrogen-bond acceptors (Lipinski definition) is 0. The van der Waals surface area contributed by atoms with Crippen molar-refractivity contribution in [1.29, 1.82) is 0 Å². The minimum absolute atomic E-state index is 0.726. The van der Waals surface area contributed by atoms with Gasteiger partial charge in [0, 0.05) is 0 Å². The number of halogens is 3. The molecule has 0 unspecified atom stereocenters. The van der Waals surface area contributed by atoms with Crippen molar-refractivity contribution in [3.05, 3.63) is 33.8 Å². The molecule has 1 rings (SSSR count). The Bertz CT molecular complexity index is 174. The first-order valence-corrected chi connectivity index (χ1v) is 12.6. The molecule has 0 saturated heterocycles. The summed E-state index contributed by atoms with van der Waals surface area (Å²) in [6.45, 7) is 0. The van der Waals surface area contributed by atoms with Crippen molar-refractivity contribution in [3.63, 3.8) is 0 Å². The minimum atomic E-state index is 0.726. The maximum absolute atomic E-state index is 5.64. The van der Waals surface area contributed by atoms with Crippen molar-refractivity contribution in [1.82, 2.24) is 0 Å². The number of benzene rings is 1. The normalized spacial score (nSPS) is 8.10. The van der Waals surface area contributed by atoms with Crippen molar-refractivity contribution in [2.75, 3.05) is 0 Å². The summed E-state index contributed by atoms with van der Waals surface area (Å²) < 4.78 is 0.890. The van der Waals surface area contributed by atoms with Crippen LogP contribution in [-0.4, -0.2) is 0 Å². The predicted octanol–water partition coefficient (Wildman–Crippen LogP) is 3.79. The second-order valence-corrected chi connectivity index (χ2v) is 2.60. The molecule has 0 aliphatic carbocycles. The molecule has 0 aromatic heterocycles. The molecule has 0 heterocycles. The van der Waals surface area contributed by atoms with Crippen LogP contribution in [0, 0.1) is 6.07 Å². The Morgan fingerprint density at radius 2 is 2.20 bits per heavy atom. The first kappa shape index (κ1) is 11.3. The van der Waals surface area contributed by atoms with Crippen LogP contribution < -0.4 is 0 Å². The Kier molecular flexibility index (Phi) is 7.96. The summed E-state index contributed by atoms with van der Waals surface area (Å²) in [7, 11) is 0. The summed E-state index contributed by atoms with van der Waals surface area (Å²) in [4.78, 5) is 0. The average molecular weight is 383 g/mol. The van der Waals surface area contributed by atoms with Crippen molar-refractivity contribution in [3.8, 4) is 0 Å². The van der Waals surface area contributed by atoms with E-state index in [1.54, 1.807) is 18.2 Å². The van der Waals surface area contributed by atoms with E-state index in [2.05, 4.69) is 41.7 Å². The molecular weight excluding hydrogens is 380 g/mol. The van der Waals surface area contributed by atoms with E-state index in [0.29, 0.717) is 0 Å². The van der Waals surface area contributed by atoms with Crippen LogP contribution >= 0.6 is 47.3 Å². The van der Waals surface area contributed by atoms with Gasteiger partial charge in [-0.25, -0.2) is 0 Å². The molecule has 0 fully saturated rings. The zero-order chi connectivity index (χ0) is 7.98. The third-order valence-electron chi connectivity index (χ3n) is 0.764. The van der Waals surface area contributed by atoms with Crippen LogP contribution in [0.3, 0.4) is 0 Å². The van der Waals surface area contributed by atoms with Crippen LogP contribution in [0.2, 0.25) is 5.02 Å². The fourth-order valence-electron chi connectivity index (χ4n) is 0.391. The first-order valence-electron chi connectivity index (χ1n) is 2.38. The molecule has 0 bridgehead atoms. The maximum atomic E-state index is 5.64. The van der Waals surface area contributed by atoms with E-state index in [4.69, 9.17) is 11.6 Å². The van der Waals surface area contributed by atoms with Gasteiger partial charge in [0.2, 0.25) is 0 Å². The quantitative estimate of drug-likeness (QED) is 0.364. The van der Waals surface area contributed by atoms with Gasteiger partial charge in [-0.3, -0.25) is 0 Å². The van der Waals surface area contributed by atoms with Crippen molar-refractivity contribution in [2.45, 2.75) is 0 Å². The van der Waals surface area contributed by atoms with E-state index in [-0.39, 0.29) is 0 Å². The fourth-order valence-corrected chi connectivity index (χ4v) is 0.773. The summed E-state index contributed by atoms with van der Waals surface area (Å²) in [5.74, 6) is 0. The van der Waals surface area contributed by atoms with Crippen LogP contribution in [-0.2, 0) is 14.8 Å². The Morgan fingerprint density at radius 3 is 2.50 bits per heavy atom. The van der Waals surface area contributed by atoms with Gasteiger partial charge in [-0.1, -0.05) is 9.50 Å². The molecule has 50 valence electrons. The number of rotatable bonds is 0. The van der Waals surface area contributed by atoms with Crippen molar-refractivity contribution in [2.24, 2.45) is 0 Å². The summed E-state index contributed by atoms with van der Waals surface area (Å²) in [5, 5.41) is 0.726. The Balaban J connectivity index is 0.000000371. The van der Waals surface area contributed by atoms with Crippen molar-refractivity contribution >= 4 is 47.3 Å². The van der Waals surface area contributed by atoms with Gasteiger partial charge < -0.3 is 0 Å². The van der Waals surface area contributed by atoms with Gasteiger partial charge in [0.15, 0.2) is 0 Å². The molecule has 1 aromatic carbocycles.